The van der Waals surface area contributed by atoms with Gasteiger partial charge in [0.25, 0.3) is 11.8 Å². The Kier molecular flexibility index (Phi) is 1.33. The second kappa shape index (κ2) is 2.33. The normalized spacial score (nSPS) is 10.4. The predicted molar refractivity (Wildman–Crippen MR) is 38.9 cm³/mol. The van der Waals surface area contributed by atoms with Crippen LogP contribution in [0.5, 0.6) is 0 Å². The molecular formula is C6H6N4O2. The monoisotopic (exact) mass is 166 g/mol. The minimum absolute atomic E-state index is 0.0886. The summed E-state index contributed by atoms with van der Waals surface area (Å²) in [7, 11) is 0. The van der Waals surface area contributed by atoms with E-state index in [0.717, 1.165) is 0 Å². The summed E-state index contributed by atoms with van der Waals surface area (Å²) in [4.78, 5) is 3.77. The van der Waals surface area contributed by atoms with Gasteiger partial charge in [-0.15, -0.1) is 0 Å². The Bertz CT molecular complexity index is 353. The highest BCUT2D eigenvalue weighted by atomic mass is 16.5. The van der Waals surface area contributed by atoms with Gasteiger partial charge in [0.05, 0.1) is 0 Å². The summed E-state index contributed by atoms with van der Waals surface area (Å²) in [6.45, 7) is 1.77. The highest BCUT2D eigenvalue weighted by Gasteiger charge is 2.10. The average Bonchev–Trinajstić information content (AvgIpc) is 2.58. The largest absolute Gasteiger partial charge is 0.365 e. The van der Waals surface area contributed by atoms with Crippen molar-refractivity contribution in [2.24, 2.45) is 0 Å². The zero-order valence-electron chi connectivity index (χ0n) is 6.31. The molecule has 0 fully saturated rings. The molecule has 0 unspecified atom stereocenters. The fraction of sp³-hybridized carbons (Fsp3) is 0.167. The first-order chi connectivity index (χ1) is 5.75. The van der Waals surface area contributed by atoms with Crippen molar-refractivity contribution in [1.29, 1.82) is 0 Å². The molecule has 2 heterocycles. The second-order valence-corrected chi connectivity index (χ2v) is 2.28. The molecule has 0 aliphatic heterocycles. The Labute approximate surface area is 67.3 Å². The molecule has 12 heavy (non-hydrogen) atoms. The van der Waals surface area contributed by atoms with Gasteiger partial charge in [0.2, 0.25) is 0 Å². The van der Waals surface area contributed by atoms with Crippen LogP contribution in [0.2, 0.25) is 0 Å². The van der Waals surface area contributed by atoms with Crippen LogP contribution < -0.4 is 5.73 Å². The van der Waals surface area contributed by atoms with Crippen molar-refractivity contribution in [2.75, 3.05) is 5.73 Å². The molecule has 0 aliphatic carbocycles. The summed E-state index contributed by atoms with van der Waals surface area (Å²) in [5.74, 6) is 1.04. The van der Waals surface area contributed by atoms with Crippen LogP contribution in [-0.2, 0) is 0 Å². The van der Waals surface area contributed by atoms with Crippen molar-refractivity contribution < 1.29 is 9.05 Å². The van der Waals surface area contributed by atoms with E-state index in [1.54, 1.807) is 13.0 Å². The number of hydrogen-bond donors (Lipinski definition) is 1. The summed E-state index contributed by atoms with van der Waals surface area (Å²) in [5.41, 5.74) is 5.75. The fourth-order valence-corrected chi connectivity index (χ4v) is 0.806. The molecule has 0 atom stereocenters. The molecule has 0 radical (unpaired) electrons. The summed E-state index contributed by atoms with van der Waals surface area (Å²) in [6, 6.07) is 1.69. The number of rotatable bonds is 1. The quantitative estimate of drug-likeness (QED) is 0.667. The Morgan fingerprint density at radius 3 is 2.67 bits per heavy atom. The van der Waals surface area contributed by atoms with E-state index < -0.39 is 0 Å². The van der Waals surface area contributed by atoms with Gasteiger partial charge in [-0.3, -0.25) is 0 Å². The van der Waals surface area contributed by atoms with Gasteiger partial charge >= 0.3 is 0 Å². The van der Waals surface area contributed by atoms with Crippen LogP contribution in [0.25, 0.3) is 11.6 Å². The number of nitrogen functional groups attached to an aromatic ring is 1. The van der Waals surface area contributed by atoms with Gasteiger partial charge in [-0.25, -0.2) is 0 Å². The van der Waals surface area contributed by atoms with Gasteiger partial charge in [-0.2, -0.15) is 4.98 Å². The van der Waals surface area contributed by atoms with E-state index in [-0.39, 0.29) is 11.8 Å². The minimum Gasteiger partial charge on any atom is -0.365 e. The number of aryl methyl sites for hydroxylation is 1. The topological polar surface area (TPSA) is 91.0 Å². The third-order valence-electron chi connectivity index (χ3n) is 1.29. The lowest BCUT2D eigenvalue weighted by atomic mass is 10.4. The Hall–Kier alpha value is -1.85. The molecule has 2 N–H and O–H groups in total. The zero-order valence-corrected chi connectivity index (χ0v) is 6.31. The molecule has 2 rings (SSSR count). The highest BCUT2D eigenvalue weighted by molar-refractivity contribution is 5.47. The molecule has 0 spiro atoms. The number of anilines is 1. The maximum absolute atomic E-state index is 5.25. The molecular weight excluding hydrogens is 160 g/mol. The zero-order chi connectivity index (χ0) is 8.55. The number of aromatic nitrogens is 3. The van der Waals surface area contributed by atoms with Gasteiger partial charge in [-0.05, 0) is 12.1 Å². The van der Waals surface area contributed by atoms with E-state index in [9.17, 15) is 0 Å². The van der Waals surface area contributed by atoms with Gasteiger partial charge in [-0.1, -0.05) is 5.16 Å². The van der Waals surface area contributed by atoms with E-state index in [1.165, 1.54) is 0 Å². The van der Waals surface area contributed by atoms with Crippen LogP contribution in [0.4, 0.5) is 5.95 Å². The first kappa shape index (κ1) is 6.84. The molecule has 6 heteroatoms. The van der Waals surface area contributed by atoms with Crippen LogP contribution in [0, 0.1) is 6.92 Å². The van der Waals surface area contributed by atoms with Crippen LogP contribution in [-0.4, -0.2) is 15.3 Å². The average molecular weight is 166 g/mol. The van der Waals surface area contributed by atoms with E-state index >= 15 is 0 Å². The van der Waals surface area contributed by atoms with Crippen molar-refractivity contribution >= 4 is 5.95 Å². The number of hydrogen-bond acceptors (Lipinski definition) is 6. The SMILES string of the molecule is Cc1cc(-c2nc(N)no2)no1. The lowest BCUT2D eigenvalue weighted by Gasteiger charge is -1.78. The molecule has 2 aromatic heterocycles. The van der Waals surface area contributed by atoms with Crippen molar-refractivity contribution in [3.05, 3.63) is 11.8 Å². The Morgan fingerprint density at radius 1 is 1.33 bits per heavy atom. The van der Waals surface area contributed by atoms with Crippen molar-refractivity contribution in [2.45, 2.75) is 6.92 Å². The van der Waals surface area contributed by atoms with E-state index in [2.05, 4.69) is 15.3 Å². The first-order valence-electron chi connectivity index (χ1n) is 3.28. The van der Waals surface area contributed by atoms with Crippen molar-refractivity contribution in [3.8, 4) is 11.6 Å². The molecule has 0 saturated heterocycles. The first-order valence-corrected chi connectivity index (χ1v) is 3.28. The molecule has 6 nitrogen and oxygen atoms in total. The maximum atomic E-state index is 5.25. The predicted octanol–water partition coefficient (Wildman–Crippen LogP) is 0.615. The van der Waals surface area contributed by atoms with E-state index in [1.807, 2.05) is 0 Å². The molecule has 0 saturated carbocycles. The van der Waals surface area contributed by atoms with Crippen LogP contribution in [0.3, 0.4) is 0 Å². The smallest absolute Gasteiger partial charge is 0.281 e. The molecule has 0 aliphatic rings. The third kappa shape index (κ3) is 1.03. The molecule has 0 amide bonds. The van der Waals surface area contributed by atoms with Gasteiger partial charge in [0, 0.05) is 6.07 Å². The third-order valence-corrected chi connectivity index (χ3v) is 1.29. The van der Waals surface area contributed by atoms with Gasteiger partial charge in [0.1, 0.15) is 5.76 Å². The van der Waals surface area contributed by atoms with Crippen LogP contribution in [0.1, 0.15) is 5.76 Å². The van der Waals surface area contributed by atoms with Gasteiger partial charge < -0.3 is 14.8 Å². The minimum atomic E-state index is 0.0886. The van der Waals surface area contributed by atoms with Crippen LogP contribution >= 0.6 is 0 Å². The lowest BCUT2D eigenvalue weighted by Crippen LogP contribution is -1.85. The number of nitrogens with two attached hydrogens (primary N) is 1. The van der Waals surface area contributed by atoms with Crippen LogP contribution in [0.15, 0.2) is 15.1 Å². The molecule has 0 bridgehead atoms. The summed E-state index contributed by atoms with van der Waals surface area (Å²) >= 11 is 0. The highest BCUT2D eigenvalue weighted by Crippen LogP contribution is 2.16. The number of nitrogens with zero attached hydrogens (tertiary/aromatic N) is 3. The van der Waals surface area contributed by atoms with Gasteiger partial charge in [0.15, 0.2) is 5.69 Å². The second-order valence-electron chi connectivity index (χ2n) is 2.28. The lowest BCUT2D eigenvalue weighted by molar-refractivity contribution is 0.390. The molecule has 62 valence electrons. The summed E-state index contributed by atoms with van der Waals surface area (Å²) in [6.07, 6.45) is 0. The van der Waals surface area contributed by atoms with Crippen molar-refractivity contribution in [3.63, 3.8) is 0 Å². The van der Waals surface area contributed by atoms with E-state index in [0.29, 0.717) is 11.5 Å². The Balaban J connectivity index is 2.43. The summed E-state index contributed by atoms with van der Waals surface area (Å²) in [5, 5.41) is 7.08. The fourth-order valence-electron chi connectivity index (χ4n) is 0.806. The van der Waals surface area contributed by atoms with E-state index in [4.69, 9.17) is 14.8 Å². The standard InChI is InChI=1S/C6H6N4O2/c1-3-2-4(9-11-3)5-8-6(7)10-12-5/h2H,1H3,(H2,7,10). The summed E-state index contributed by atoms with van der Waals surface area (Å²) < 4.78 is 9.56. The molecule has 0 aromatic carbocycles. The maximum Gasteiger partial charge on any atom is 0.281 e. The molecule has 2 aromatic rings. The Morgan fingerprint density at radius 2 is 2.17 bits per heavy atom. The van der Waals surface area contributed by atoms with Crippen molar-refractivity contribution in [1.82, 2.24) is 15.3 Å².